The van der Waals surface area contributed by atoms with E-state index in [1.165, 1.54) is 0 Å². The van der Waals surface area contributed by atoms with Gasteiger partial charge in [0.15, 0.2) is 0 Å². The molecule has 0 fully saturated rings. The molecule has 2 heterocycles. The Bertz CT molecular complexity index is 2070. The summed E-state index contributed by atoms with van der Waals surface area (Å²) in [6.45, 7) is 2.52. The van der Waals surface area contributed by atoms with Gasteiger partial charge in [-0.1, -0.05) is 90.0 Å². The van der Waals surface area contributed by atoms with Crippen molar-refractivity contribution in [3.05, 3.63) is 137 Å². The molecule has 0 unspecified atom stereocenters. The fraction of sp³-hybridized carbons (Fsp3) is 0.154. The van der Waals surface area contributed by atoms with Crippen LogP contribution in [0.1, 0.15) is 23.2 Å². The highest BCUT2D eigenvalue weighted by atomic mass is 35.5. The third-order valence-corrected chi connectivity index (χ3v) is 8.55. The molecule has 252 valence electrons. The van der Waals surface area contributed by atoms with Gasteiger partial charge in [0.2, 0.25) is 0 Å². The second-order valence-electron chi connectivity index (χ2n) is 11.6. The van der Waals surface area contributed by atoms with Gasteiger partial charge in [0.05, 0.1) is 33.4 Å². The first-order valence-corrected chi connectivity index (χ1v) is 16.2. The molecule has 0 aliphatic carbocycles. The van der Waals surface area contributed by atoms with Crippen molar-refractivity contribution in [2.24, 2.45) is 5.11 Å². The maximum atomic E-state index is 13.8. The van der Waals surface area contributed by atoms with Crippen molar-refractivity contribution >= 4 is 91.4 Å². The van der Waals surface area contributed by atoms with Crippen LogP contribution in [0.5, 0.6) is 0 Å². The van der Waals surface area contributed by atoms with Gasteiger partial charge >= 0.3 is 0 Å². The van der Waals surface area contributed by atoms with Crippen molar-refractivity contribution in [1.82, 2.24) is 14.9 Å². The number of nitrogens with one attached hydrogen (secondary N) is 2. The number of benzene rings is 5. The van der Waals surface area contributed by atoms with E-state index in [0.717, 1.165) is 67.8 Å². The Kier molecular flexibility index (Phi) is 11.9. The Morgan fingerprint density at radius 1 is 0.600 bits per heavy atom. The maximum absolute atomic E-state index is 13.8. The van der Waals surface area contributed by atoms with Gasteiger partial charge in [-0.25, -0.2) is 9.97 Å². The molecule has 0 spiro atoms. The molecule has 7 aromatic rings. The number of aromatic nitrogens is 2. The zero-order valence-electron chi connectivity index (χ0n) is 27.2. The van der Waals surface area contributed by atoms with Crippen LogP contribution >= 0.6 is 24.8 Å². The van der Waals surface area contributed by atoms with Gasteiger partial charge in [-0.05, 0) is 54.8 Å². The number of halogens is 2. The standard InChI is InChI=1S/C39H34N8O.2ClH/c40-46-45-28-21-19-27(20-22-28)39(48)47(25-9-23-41-37-29-11-1-5-15-33(29)43-34-16-6-2-12-30(34)37)26-10-24-42-38-31-13-3-7-17-35(31)44-36-18-8-4-14-32(36)38;;/h1-8,11-22H,9-10,23-26H2,(H,41,43)(H,42,44);2*1H. The van der Waals surface area contributed by atoms with E-state index in [-0.39, 0.29) is 30.7 Å². The monoisotopic (exact) mass is 702 g/mol. The summed E-state index contributed by atoms with van der Waals surface area (Å²) in [6, 6.07) is 39.4. The number of azide groups is 1. The molecule has 50 heavy (non-hydrogen) atoms. The average Bonchev–Trinajstić information content (AvgIpc) is 3.13. The van der Waals surface area contributed by atoms with Gasteiger partial charge < -0.3 is 15.5 Å². The molecule has 11 heteroatoms. The predicted molar refractivity (Wildman–Crippen MR) is 210 cm³/mol. The Morgan fingerprint density at radius 3 is 1.36 bits per heavy atom. The van der Waals surface area contributed by atoms with Crippen LogP contribution in [0.25, 0.3) is 54.1 Å². The molecular weight excluding hydrogens is 667 g/mol. The van der Waals surface area contributed by atoms with Crippen LogP contribution in [0.2, 0.25) is 0 Å². The number of anilines is 2. The molecule has 9 nitrogen and oxygen atoms in total. The number of pyridine rings is 2. The highest BCUT2D eigenvalue weighted by Crippen LogP contribution is 2.32. The number of rotatable bonds is 12. The van der Waals surface area contributed by atoms with Crippen LogP contribution < -0.4 is 10.6 Å². The van der Waals surface area contributed by atoms with Crippen molar-refractivity contribution in [2.45, 2.75) is 12.8 Å². The quantitative estimate of drug-likeness (QED) is 0.0432. The molecule has 0 saturated heterocycles. The topological polar surface area (TPSA) is 119 Å². The molecule has 0 aliphatic heterocycles. The lowest BCUT2D eigenvalue weighted by atomic mass is 10.1. The van der Waals surface area contributed by atoms with E-state index < -0.39 is 0 Å². The Labute approximate surface area is 302 Å². The minimum Gasteiger partial charge on any atom is -0.384 e. The first-order valence-electron chi connectivity index (χ1n) is 16.2. The van der Waals surface area contributed by atoms with Gasteiger partial charge in [0.25, 0.3) is 5.91 Å². The van der Waals surface area contributed by atoms with E-state index in [2.05, 4.69) is 44.9 Å². The highest BCUT2D eigenvalue weighted by molar-refractivity contribution is 6.08. The lowest BCUT2D eigenvalue weighted by molar-refractivity contribution is 0.0754. The molecule has 5 aromatic carbocycles. The van der Waals surface area contributed by atoms with Crippen LogP contribution in [-0.2, 0) is 0 Å². The number of fused-ring (bicyclic) bond motifs is 4. The number of amides is 1. The van der Waals surface area contributed by atoms with E-state index in [0.29, 0.717) is 37.4 Å². The first-order chi connectivity index (χ1) is 23.7. The van der Waals surface area contributed by atoms with Gasteiger partial charge in [-0.15, -0.1) is 24.8 Å². The van der Waals surface area contributed by atoms with Crippen molar-refractivity contribution in [3.63, 3.8) is 0 Å². The summed E-state index contributed by atoms with van der Waals surface area (Å²) < 4.78 is 0. The zero-order valence-corrected chi connectivity index (χ0v) is 28.8. The number of hydrogen-bond acceptors (Lipinski definition) is 6. The minimum absolute atomic E-state index is 0. The summed E-state index contributed by atoms with van der Waals surface area (Å²) in [4.78, 5) is 28.2. The summed E-state index contributed by atoms with van der Waals surface area (Å²) in [6.07, 6.45) is 1.50. The van der Waals surface area contributed by atoms with Crippen LogP contribution in [0, 0.1) is 0 Å². The van der Waals surface area contributed by atoms with Crippen LogP contribution in [-0.4, -0.2) is 47.0 Å². The van der Waals surface area contributed by atoms with E-state index in [1.54, 1.807) is 24.3 Å². The molecule has 2 aromatic heterocycles. The van der Waals surface area contributed by atoms with Crippen molar-refractivity contribution < 1.29 is 4.79 Å². The summed E-state index contributed by atoms with van der Waals surface area (Å²) in [5, 5.41) is 15.3. The molecule has 0 saturated carbocycles. The van der Waals surface area contributed by atoms with E-state index >= 15 is 0 Å². The molecule has 7 rings (SSSR count). The Morgan fingerprint density at radius 2 is 0.980 bits per heavy atom. The number of hydrogen-bond donors (Lipinski definition) is 2. The van der Waals surface area contributed by atoms with E-state index in [4.69, 9.17) is 15.5 Å². The smallest absolute Gasteiger partial charge is 0.253 e. The van der Waals surface area contributed by atoms with E-state index in [1.807, 2.05) is 77.7 Å². The predicted octanol–water partition coefficient (Wildman–Crippen LogP) is 10.3. The SMILES string of the molecule is Cl.Cl.[N-]=[N+]=Nc1ccc(C(=O)N(CCCNc2c3ccccc3nc3ccccc23)CCCNc2c3ccccc3nc3ccccc23)cc1. The second kappa shape index (κ2) is 16.7. The van der Waals surface area contributed by atoms with Crippen molar-refractivity contribution in [3.8, 4) is 0 Å². The molecule has 2 N–H and O–H groups in total. The average molecular weight is 704 g/mol. The second-order valence-corrected chi connectivity index (χ2v) is 11.6. The molecule has 0 atom stereocenters. The Hall–Kier alpha value is -5.60. The van der Waals surface area contributed by atoms with Crippen LogP contribution in [0.15, 0.2) is 126 Å². The minimum atomic E-state index is -0.0536. The lowest BCUT2D eigenvalue weighted by Gasteiger charge is -2.24. The third-order valence-electron chi connectivity index (χ3n) is 8.55. The van der Waals surface area contributed by atoms with Crippen LogP contribution in [0.3, 0.4) is 0 Å². The molecule has 0 radical (unpaired) electrons. The lowest BCUT2D eigenvalue weighted by Crippen LogP contribution is -2.34. The fourth-order valence-electron chi connectivity index (χ4n) is 6.25. The first kappa shape index (κ1) is 35.7. The van der Waals surface area contributed by atoms with Gasteiger partial charge in [-0.3, -0.25) is 4.79 Å². The summed E-state index contributed by atoms with van der Waals surface area (Å²) in [5.74, 6) is -0.0536. The molecule has 0 bridgehead atoms. The molecule has 1 amide bonds. The third kappa shape index (κ3) is 7.66. The number of carbonyl (C=O) groups excluding carboxylic acids is 1. The van der Waals surface area contributed by atoms with Crippen molar-refractivity contribution in [2.75, 3.05) is 36.8 Å². The largest absolute Gasteiger partial charge is 0.384 e. The number of para-hydroxylation sites is 4. The van der Waals surface area contributed by atoms with Gasteiger partial charge in [-0.2, -0.15) is 0 Å². The number of carbonyl (C=O) groups is 1. The summed E-state index contributed by atoms with van der Waals surface area (Å²) in [5.41, 5.74) is 15.7. The van der Waals surface area contributed by atoms with Crippen molar-refractivity contribution in [1.29, 1.82) is 0 Å². The molecular formula is C39H36Cl2N8O. The molecule has 0 aliphatic rings. The summed E-state index contributed by atoms with van der Waals surface area (Å²) in [7, 11) is 0. The van der Waals surface area contributed by atoms with Crippen LogP contribution in [0.4, 0.5) is 17.1 Å². The van der Waals surface area contributed by atoms with Gasteiger partial charge in [0.1, 0.15) is 0 Å². The zero-order chi connectivity index (χ0) is 32.7. The van der Waals surface area contributed by atoms with Gasteiger partial charge in [0, 0.05) is 63.9 Å². The summed E-state index contributed by atoms with van der Waals surface area (Å²) >= 11 is 0. The number of nitrogens with zero attached hydrogens (tertiary/aromatic N) is 6. The Balaban J connectivity index is 0.00000243. The maximum Gasteiger partial charge on any atom is 0.253 e. The highest BCUT2D eigenvalue weighted by Gasteiger charge is 2.16. The fourth-order valence-corrected chi connectivity index (χ4v) is 6.25. The van der Waals surface area contributed by atoms with E-state index in [9.17, 15) is 4.79 Å². The normalized spacial score (nSPS) is 10.6.